The molecule has 128 valence electrons. The van der Waals surface area contributed by atoms with Gasteiger partial charge in [0.25, 0.3) is 0 Å². The van der Waals surface area contributed by atoms with E-state index in [9.17, 15) is 31.1 Å². The molecule has 3 nitrogen and oxygen atoms in total. The number of hydrogen-bond acceptors (Lipinski definition) is 1. The number of hydrogen-bond donors (Lipinski definition) is 1. The monoisotopic (exact) mass is 340 g/mol. The molecule has 0 spiro atoms. The Bertz CT molecular complexity index is 552. The molecule has 0 saturated carbocycles. The fraction of sp³-hybridized carbons (Fsp3) is 0.500. The standard InChI is InChI=1S/C14H14F6N2O/c15-13(16,17)9-3-5-11(6-4-9)21-12(23)22-7-1-2-10(8-22)14(18,19)20/h3-6,10H,1-2,7-8H2,(H,21,23)/t10-/m0/s1. The predicted octanol–water partition coefficient (Wildman–Crippen LogP) is 4.51. The highest BCUT2D eigenvalue weighted by atomic mass is 19.4. The Morgan fingerprint density at radius 1 is 1.09 bits per heavy atom. The van der Waals surface area contributed by atoms with Gasteiger partial charge in [0.05, 0.1) is 11.5 Å². The molecular weight excluding hydrogens is 326 g/mol. The Hall–Kier alpha value is -1.93. The summed E-state index contributed by atoms with van der Waals surface area (Å²) in [5.74, 6) is -1.57. The highest BCUT2D eigenvalue weighted by Crippen LogP contribution is 2.33. The molecule has 1 aliphatic heterocycles. The Balaban J connectivity index is 1.99. The number of benzene rings is 1. The van der Waals surface area contributed by atoms with Gasteiger partial charge in [-0.05, 0) is 37.1 Å². The molecule has 1 aliphatic rings. The number of carbonyl (C=O) groups is 1. The molecule has 23 heavy (non-hydrogen) atoms. The molecule has 0 unspecified atom stereocenters. The van der Waals surface area contributed by atoms with Gasteiger partial charge in [0.15, 0.2) is 0 Å². The van der Waals surface area contributed by atoms with Crippen molar-refractivity contribution in [3.63, 3.8) is 0 Å². The van der Waals surface area contributed by atoms with E-state index in [0.717, 1.165) is 29.2 Å². The first-order valence-electron chi connectivity index (χ1n) is 6.87. The van der Waals surface area contributed by atoms with E-state index >= 15 is 0 Å². The second kappa shape index (κ2) is 6.29. The average molecular weight is 340 g/mol. The lowest BCUT2D eigenvalue weighted by atomic mass is 9.98. The summed E-state index contributed by atoms with van der Waals surface area (Å²) in [5.41, 5.74) is -0.775. The number of amides is 2. The van der Waals surface area contributed by atoms with Crippen molar-refractivity contribution in [2.75, 3.05) is 18.4 Å². The minimum absolute atomic E-state index is 0.0342. The minimum Gasteiger partial charge on any atom is -0.324 e. The zero-order valence-corrected chi connectivity index (χ0v) is 11.8. The zero-order valence-electron chi connectivity index (χ0n) is 11.8. The predicted molar refractivity (Wildman–Crippen MR) is 70.8 cm³/mol. The van der Waals surface area contributed by atoms with Crippen molar-refractivity contribution in [2.24, 2.45) is 5.92 Å². The Morgan fingerprint density at radius 2 is 1.70 bits per heavy atom. The first-order valence-corrected chi connectivity index (χ1v) is 6.87. The molecule has 0 aromatic heterocycles. The van der Waals surface area contributed by atoms with Crippen LogP contribution in [0, 0.1) is 5.92 Å². The van der Waals surface area contributed by atoms with Crippen molar-refractivity contribution in [1.82, 2.24) is 4.90 Å². The molecule has 0 aliphatic carbocycles. The summed E-state index contributed by atoms with van der Waals surface area (Å²) in [7, 11) is 0. The number of rotatable bonds is 1. The zero-order chi connectivity index (χ0) is 17.3. The highest BCUT2D eigenvalue weighted by Gasteiger charge is 2.42. The number of alkyl halides is 6. The van der Waals surface area contributed by atoms with Crippen LogP contribution in [0.2, 0.25) is 0 Å². The summed E-state index contributed by atoms with van der Waals surface area (Å²) in [6.07, 6.45) is -8.67. The van der Waals surface area contributed by atoms with E-state index in [4.69, 9.17) is 0 Å². The molecule has 0 bridgehead atoms. The van der Waals surface area contributed by atoms with Crippen LogP contribution >= 0.6 is 0 Å². The van der Waals surface area contributed by atoms with E-state index in [1.807, 2.05) is 0 Å². The van der Waals surface area contributed by atoms with E-state index in [0.29, 0.717) is 0 Å². The number of nitrogens with one attached hydrogen (secondary N) is 1. The lowest BCUT2D eigenvalue weighted by molar-refractivity contribution is -0.183. The van der Waals surface area contributed by atoms with E-state index in [-0.39, 0.29) is 25.1 Å². The van der Waals surface area contributed by atoms with Crippen LogP contribution in [0.3, 0.4) is 0 Å². The fourth-order valence-electron chi connectivity index (χ4n) is 2.37. The summed E-state index contributed by atoms with van der Waals surface area (Å²) in [6.45, 7) is -0.269. The van der Waals surface area contributed by atoms with Crippen LogP contribution in [0.4, 0.5) is 36.8 Å². The molecule has 0 radical (unpaired) electrons. The summed E-state index contributed by atoms with van der Waals surface area (Å²) >= 11 is 0. The van der Waals surface area contributed by atoms with Gasteiger partial charge in [0.2, 0.25) is 0 Å². The van der Waals surface area contributed by atoms with Gasteiger partial charge < -0.3 is 10.2 Å². The molecule has 9 heteroatoms. The molecule has 1 atom stereocenters. The van der Waals surface area contributed by atoms with Crippen LogP contribution in [0.5, 0.6) is 0 Å². The number of halogens is 6. The smallest absolute Gasteiger partial charge is 0.324 e. The third-order valence-electron chi connectivity index (χ3n) is 3.64. The Morgan fingerprint density at radius 3 is 2.22 bits per heavy atom. The molecule has 1 heterocycles. The maximum absolute atomic E-state index is 12.7. The van der Waals surface area contributed by atoms with Gasteiger partial charge in [-0.15, -0.1) is 0 Å². The van der Waals surface area contributed by atoms with Crippen molar-refractivity contribution in [1.29, 1.82) is 0 Å². The first-order chi connectivity index (χ1) is 10.6. The second-order valence-corrected chi connectivity index (χ2v) is 5.33. The van der Waals surface area contributed by atoms with Gasteiger partial charge in [-0.1, -0.05) is 0 Å². The molecule has 1 N–H and O–H groups in total. The normalized spacial score (nSPS) is 19.6. The maximum Gasteiger partial charge on any atom is 0.416 e. The Labute approximate surface area is 128 Å². The lowest BCUT2D eigenvalue weighted by Gasteiger charge is -2.33. The molecule has 1 aromatic carbocycles. The van der Waals surface area contributed by atoms with Crippen molar-refractivity contribution in [3.05, 3.63) is 29.8 Å². The second-order valence-electron chi connectivity index (χ2n) is 5.33. The van der Waals surface area contributed by atoms with Crippen LogP contribution in [0.15, 0.2) is 24.3 Å². The average Bonchev–Trinajstić information content (AvgIpc) is 2.46. The highest BCUT2D eigenvalue weighted by molar-refractivity contribution is 5.89. The van der Waals surface area contributed by atoms with Crippen LogP contribution < -0.4 is 5.32 Å². The van der Waals surface area contributed by atoms with E-state index in [1.165, 1.54) is 0 Å². The molecule has 1 aromatic rings. The SMILES string of the molecule is O=C(Nc1ccc(C(F)(F)F)cc1)N1CCC[C@H](C(F)(F)F)C1. The van der Waals surface area contributed by atoms with Crippen LogP contribution in [-0.4, -0.2) is 30.2 Å². The number of piperidine rings is 1. The van der Waals surface area contributed by atoms with Crippen molar-refractivity contribution in [2.45, 2.75) is 25.2 Å². The lowest BCUT2D eigenvalue weighted by Crippen LogP contribution is -2.46. The first kappa shape index (κ1) is 17.4. The number of nitrogens with zero attached hydrogens (tertiary/aromatic N) is 1. The van der Waals surface area contributed by atoms with E-state index in [1.54, 1.807) is 0 Å². The number of carbonyl (C=O) groups excluding carboxylic acids is 1. The molecular formula is C14H14F6N2O. The van der Waals surface area contributed by atoms with Crippen LogP contribution in [-0.2, 0) is 6.18 Å². The molecule has 2 amide bonds. The van der Waals surface area contributed by atoms with E-state index in [2.05, 4.69) is 5.32 Å². The van der Waals surface area contributed by atoms with Gasteiger partial charge in [0, 0.05) is 18.8 Å². The topological polar surface area (TPSA) is 32.3 Å². The van der Waals surface area contributed by atoms with Gasteiger partial charge in [-0.3, -0.25) is 0 Å². The quantitative estimate of drug-likeness (QED) is 0.750. The van der Waals surface area contributed by atoms with Gasteiger partial charge in [-0.2, -0.15) is 26.3 Å². The van der Waals surface area contributed by atoms with Gasteiger partial charge in [0.1, 0.15) is 0 Å². The molecule has 1 fully saturated rings. The van der Waals surface area contributed by atoms with E-state index < -0.39 is 36.4 Å². The summed E-state index contributed by atoms with van der Waals surface area (Å²) in [4.78, 5) is 13.0. The number of likely N-dealkylation sites (tertiary alicyclic amines) is 1. The largest absolute Gasteiger partial charge is 0.416 e. The van der Waals surface area contributed by atoms with Crippen molar-refractivity contribution in [3.8, 4) is 0 Å². The number of urea groups is 1. The summed E-state index contributed by atoms with van der Waals surface area (Å²) < 4.78 is 75.4. The minimum atomic E-state index is -4.49. The Kier molecular flexibility index (Phi) is 4.76. The third-order valence-corrected chi connectivity index (χ3v) is 3.64. The van der Waals surface area contributed by atoms with Gasteiger partial charge >= 0.3 is 18.4 Å². The summed E-state index contributed by atoms with van der Waals surface area (Å²) in [6, 6.07) is 2.96. The van der Waals surface area contributed by atoms with Crippen molar-refractivity contribution < 1.29 is 31.1 Å². The summed E-state index contributed by atoms with van der Waals surface area (Å²) in [5, 5.41) is 2.31. The maximum atomic E-state index is 12.7. The van der Waals surface area contributed by atoms with Crippen molar-refractivity contribution >= 4 is 11.7 Å². The molecule has 2 rings (SSSR count). The van der Waals surface area contributed by atoms with Crippen LogP contribution in [0.25, 0.3) is 0 Å². The third kappa shape index (κ3) is 4.52. The van der Waals surface area contributed by atoms with Gasteiger partial charge in [-0.25, -0.2) is 4.79 Å². The fourth-order valence-corrected chi connectivity index (χ4v) is 2.37. The molecule has 1 saturated heterocycles. The van der Waals surface area contributed by atoms with Crippen LogP contribution in [0.1, 0.15) is 18.4 Å². The number of anilines is 1.